The predicted octanol–water partition coefficient (Wildman–Crippen LogP) is 3.63. The van der Waals surface area contributed by atoms with Crippen molar-refractivity contribution in [2.45, 2.75) is 13.5 Å². The van der Waals surface area contributed by atoms with Gasteiger partial charge < -0.3 is 15.4 Å². The van der Waals surface area contributed by atoms with Crippen LogP contribution < -0.4 is 15.4 Å². The summed E-state index contributed by atoms with van der Waals surface area (Å²) in [6.07, 6.45) is 0. The topological polar surface area (TPSA) is 33.3 Å². The first-order valence-corrected chi connectivity index (χ1v) is 7.37. The van der Waals surface area contributed by atoms with Crippen LogP contribution >= 0.6 is 23.6 Å². The smallest absolute Gasteiger partial charge is 0.171 e. The summed E-state index contributed by atoms with van der Waals surface area (Å²) in [5.74, 6) is 0.810. The molecule has 0 amide bonds. The van der Waals surface area contributed by atoms with Crippen LogP contribution in [0.15, 0.2) is 41.8 Å². The van der Waals surface area contributed by atoms with Crippen LogP contribution in [0, 0.1) is 0 Å². The van der Waals surface area contributed by atoms with Crippen molar-refractivity contribution in [1.82, 2.24) is 5.32 Å². The lowest BCUT2D eigenvalue weighted by molar-refractivity contribution is 0.342. The van der Waals surface area contributed by atoms with Gasteiger partial charge in [0.05, 0.1) is 18.8 Å². The fourth-order valence-electron chi connectivity index (χ4n) is 1.60. The van der Waals surface area contributed by atoms with E-state index in [1.54, 1.807) is 11.3 Å². The molecule has 2 aromatic rings. The Morgan fingerprint density at radius 1 is 1.26 bits per heavy atom. The summed E-state index contributed by atoms with van der Waals surface area (Å²) in [4.78, 5) is 1.25. The average molecular weight is 292 g/mol. The van der Waals surface area contributed by atoms with Gasteiger partial charge in [-0.1, -0.05) is 18.2 Å². The zero-order valence-electron chi connectivity index (χ0n) is 10.7. The van der Waals surface area contributed by atoms with Crippen molar-refractivity contribution in [2.75, 3.05) is 11.9 Å². The largest absolute Gasteiger partial charge is 0.492 e. The summed E-state index contributed by atoms with van der Waals surface area (Å²) in [5.41, 5.74) is 0.882. The molecule has 5 heteroatoms. The molecule has 0 aliphatic carbocycles. The van der Waals surface area contributed by atoms with E-state index < -0.39 is 0 Å². The number of anilines is 1. The lowest BCUT2D eigenvalue weighted by Gasteiger charge is -2.13. The Labute approximate surface area is 122 Å². The number of thiophene rings is 1. The molecule has 19 heavy (non-hydrogen) atoms. The summed E-state index contributed by atoms with van der Waals surface area (Å²) in [6.45, 7) is 3.33. The number of thiocarbonyl (C=S) groups is 1. The molecule has 2 rings (SSSR count). The van der Waals surface area contributed by atoms with Crippen molar-refractivity contribution in [3.8, 4) is 5.75 Å². The molecule has 0 saturated carbocycles. The number of nitrogens with one attached hydrogen (secondary N) is 2. The van der Waals surface area contributed by atoms with E-state index in [4.69, 9.17) is 17.0 Å². The second-order valence-electron chi connectivity index (χ2n) is 3.82. The number of hydrogen-bond acceptors (Lipinski definition) is 3. The van der Waals surface area contributed by atoms with Crippen molar-refractivity contribution in [1.29, 1.82) is 0 Å². The molecule has 0 fully saturated rings. The van der Waals surface area contributed by atoms with Crippen molar-refractivity contribution in [3.05, 3.63) is 46.7 Å². The minimum absolute atomic E-state index is 0.598. The van der Waals surface area contributed by atoms with Gasteiger partial charge >= 0.3 is 0 Å². The van der Waals surface area contributed by atoms with Crippen molar-refractivity contribution in [3.63, 3.8) is 0 Å². The molecular weight excluding hydrogens is 276 g/mol. The van der Waals surface area contributed by atoms with Gasteiger partial charge in [-0.25, -0.2) is 0 Å². The second kappa shape index (κ2) is 7.11. The molecule has 1 heterocycles. The van der Waals surface area contributed by atoms with E-state index in [0.29, 0.717) is 11.7 Å². The quantitative estimate of drug-likeness (QED) is 0.825. The highest BCUT2D eigenvalue weighted by Crippen LogP contribution is 2.23. The average Bonchev–Trinajstić information content (AvgIpc) is 2.92. The van der Waals surface area contributed by atoms with Gasteiger partial charge in [0, 0.05) is 4.88 Å². The zero-order chi connectivity index (χ0) is 13.5. The molecule has 0 aliphatic heterocycles. The van der Waals surface area contributed by atoms with Gasteiger partial charge in [0.15, 0.2) is 5.11 Å². The van der Waals surface area contributed by atoms with Gasteiger partial charge in [-0.15, -0.1) is 11.3 Å². The number of hydrogen-bond donors (Lipinski definition) is 2. The monoisotopic (exact) mass is 292 g/mol. The molecule has 1 aromatic heterocycles. The maximum absolute atomic E-state index is 5.54. The van der Waals surface area contributed by atoms with Crippen LogP contribution in [0.1, 0.15) is 11.8 Å². The Balaban J connectivity index is 1.91. The third-order valence-electron chi connectivity index (χ3n) is 2.44. The molecule has 1 aromatic carbocycles. The molecule has 0 aliphatic rings. The fourth-order valence-corrected chi connectivity index (χ4v) is 2.43. The van der Waals surface area contributed by atoms with E-state index in [9.17, 15) is 0 Å². The Kier molecular flexibility index (Phi) is 5.18. The van der Waals surface area contributed by atoms with E-state index in [2.05, 4.69) is 22.1 Å². The lowest BCUT2D eigenvalue weighted by atomic mass is 10.3. The zero-order valence-corrected chi connectivity index (χ0v) is 12.3. The van der Waals surface area contributed by atoms with E-state index in [1.807, 2.05) is 37.3 Å². The summed E-state index contributed by atoms with van der Waals surface area (Å²) in [7, 11) is 0. The highest BCUT2D eigenvalue weighted by Gasteiger charge is 2.04. The molecule has 0 bridgehead atoms. The first-order chi connectivity index (χ1) is 9.29. The van der Waals surface area contributed by atoms with E-state index >= 15 is 0 Å². The Morgan fingerprint density at radius 3 is 2.84 bits per heavy atom. The number of ether oxygens (including phenoxy) is 1. The summed E-state index contributed by atoms with van der Waals surface area (Å²) in [6, 6.07) is 11.9. The van der Waals surface area contributed by atoms with Gasteiger partial charge in [0.25, 0.3) is 0 Å². The SMILES string of the molecule is CCOc1ccccc1NC(=S)NCc1cccs1. The van der Waals surface area contributed by atoms with Crippen LogP contribution in [-0.2, 0) is 6.54 Å². The Bertz CT molecular complexity index is 526. The standard InChI is InChI=1S/C14H16N2OS2/c1-2-17-13-8-4-3-7-12(13)16-14(18)15-10-11-6-5-9-19-11/h3-9H,2,10H2,1H3,(H2,15,16,18). The number of benzene rings is 1. The summed E-state index contributed by atoms with van der Waals surface area (Å²) >= 11 is 6.99. The van der Waals surface area contributed by atoms with E-state index in [-0.39, 0.29) is 0 Å². The van der Waals surface area contributed by atoms with Gasteiger partial charge in [-0.3, -0.25) is 0 Å². The summed E-state index contributed by atoms with van der Waals surface area (Å²) < 4.78 is 5.54. The van der Waals surface area contributed by atoms with E-state index in [0.717, 1.165) is 18.0 Å². The highest BCUT2D eigenvalue weighted by molar-refractivity contribution is 7.80. The Morgan fingerprint density at radius 2 is 2.11 bits per heavy atom. The molecule has 2 N–H and O–H groups in total. The van der Waals surface area contributed by atoms with Crippen molar-refractivity contribution < 1.29 is 4.74 Å². The van der Waals surface area contributed by atoms with Gasteiger partial charge in [0.2, 0.25) is 0 Å². The lowest BCUT2D eigenvalue weighted by Crippen LogP contribution is -2.27. The second-order valence-corrected chi connectivity index (χ2v) is 5.26. The van der Waals surface area contributed by atoms with Crippen LogP contribution in [0.25, 0.3) is 0 Å². The maximum atomic E-state index is 5.54. The van der Waals surface area contributed by atoms with Crippen molar-refractivity contribution in [2.24, 2.45) is 0 Å². The van der Waals surface area contributed by atoms with Crippen LogP contribution in [-0.4, -0.2) is 11.7 Å². The van der Waals surface area contributed by atoms with Gasteiger partial charge in [-0.2, -0.15) is 0 Å². The summed E-state index contributed by atoms with van der Waals surface area (Å²) in [5, 5.41) is 8.99. The first-order valence-electron chi connectivity index (χ1n) is 6.08. The minimum Gasteiger partial charge on any atom is -0.492 e. The molecule has 0 radical (unpaired) electrons. The molecule has 3 nitrogen and oxygen atoms in total. The molecule has 0 spiro atoms. The molecule has 0 saturated heterocycles. The fraction of sp³-hybridized carbons (Fsp3) is 0.214. The number of rotatable bonds is 5. The molecule has 100 valence electrons. The van der Waals surface area contributed by atoms with Crippen LogP contribution in [0.2, 0.25) is 0 Å². The molecule has 0 atom stereocenters. The molecular formula is C14H16N2OS2. The van der Waals surface area contributed by atoms with Crippen LogP contribution in [0.3, 0.4) is 0 Å². The van der Waals surface area contributed by atoms with Crippen molar-refractivity contribution >= 4 is 34.4 Å². The van der Waals surface area contributed by atoms with Gasteiger partial charge in [-0.05, 0) is 42.7 Å². The van der Waals surface area contributed by atoms with Gasteiger partial charge in [0.1, 0.15) is 5.75 Å². The van der Waals surface area contributed by atoms with Crippen LogP contribution in [0.4, 0.5) is 5.69 Å². The van der Waals surface area contributed by atoms with E-state index in [1.165, 1.54) is 4.88 Å². The number of para-hydroxylation sites is 2. The third kappa shape index (κ3) is 4.22. The maximum Gasteiger partial charge on any atom is 0.171 e. The predicted molar refractivity (Wildman–Crippen MR) is 85.0 cm³/mol. The van der Waals surface area contributed by atoms with Crippen LogP contribution in [0.5, 0.6) is 5.75 Å². The minimum atomic E-state index is 0.598. The normalized spacial score (nSPS) is 9.95. The Hall–Kier alpha value is -1.59. The highest BCUT2D eigenvalue weighted by atomic mass is 32.1. The molecule has 0 unspecified atom stereocenters. The third-order valence-corrected chi connectivity index (χ3v) is 3.56. The first kappa shape index (κ1) is 13.8.